The molecule has 2 rings (SSSR count). The van der Waals surface area contributed by atoms with Gasteiger partial charge in [-0.2, -0.15) is 0 Å². The molecule has 6 heteroatoms. The topological polar surface area (TPSA) is 48.1 Å². The number of alkyl halides is 2. The largest absolute Gasteiger partial charge is 0.455 e. The molecular formula is C12H9ClF2N2O. The highest BCUT2D eigenvalue weighted by atomic mass is 35.5. The van der Waals surface area contributed by atoms with E-state index in [1.807, 2.05) is 0 Å². The third-order valence-corrected chi connectivity index (χ3v) is 2.38. The van der Waals surface area contributed by atoms with Crippen LogP contribution in [0.3, 0.4) is 0 Å². The lowest BCUT2D eigenvalue weighted by Gasteiger charge is -2.11. The van der Waals surface area contributed by atoms with Crippen LogP contribution in [0.2, 0.25) is 5.02 Å². The number of benzene rings is 1. The van der Waals surface area contributed by atoms with Crippen molar-refractivity contribution in [1.29, 1.82) is 0 Å². The lowest BCUT2D eigenvalue weighted by atomic mass is 10.2. The number of pyridine rings is 1. The van der Waals surface area contributed by atoms with Crippen LogP contribution in [0.1, 0.15) is 12.0 Å². The molecule has 0 aliphatic rings. The molecule has 0 aliphatic heterocycles. The van der Waals surface area contributed by atoms with Gasteiger partial charge in [-0.1, -0.05) is 11.6 Å². The van der Waals surface area contributed by atoms with Crippen molar-refractivity contribution in [3.05, 3.63) is 47.2 Å². The van der Waals surface area contributed by atoms with Crippen LogP contribution in [0.4, 0.5) is 14.5 Å². The molecule has 0 radical (unpaired) electrons. The molecule has 94 valence electrons. The zero-order valence-electron chi connectivity index (χ0n) is 9.11. The van der Waals surface area contributed by atoms with E-state index in [2.05, 4.69) is 4.98 Å². The first kappa shape index (κ1) is 12.6. The van der Waals surface area contributed by atoms with Gasteiger partial charge in [0.05, 0.1) is 16.8 Å². The molecule has 2 aromatic rings. The first-order valence-corrected chi connectivity index (χ1v) is 5.40. The van der Waals surface area contributed by atoms with Crippen molar-refractivity contribution < 1.29 is 13.5 Å². The second kappa shape index (κ2) is 5.18. The van der Waals surface area contributed by atoms with E-state index < -0.39 is 6.43 Å². The third kappa shape index (κ3) is 2.87. The van der Waals surface area contributed by atoms with Crippen LogP contribution in [0.25, 0.3) is 0 Å². The van der Waals surface area contributed by atoms with Crippen LogP contribution >= 0.6 is 11.6 Å². The summed E-state index contributed by atoms with van der Waals surface area (Å²) in [5.74, 6) is 0.317. The summed E-state index contributed by atoms with van der Waals surface area (Å²) in [7, 11) is 0. The van der Waals surface area contributed by atoms with E-state index in [4.69, 9.17) is 22.1 Å². The van der Waals surface area contributed by atoms with Crippen LogP contribution in [0, 0.1) is 0 Å². The number of nitrogens with zero attached hydrogens (tertiary/aromatic N) is 1. The molecule has 0 unspecified atom stereocenters. The van der Waals surface area contributed by atoms with Crippen molar-refractivity contribution in [2.45, 2.75) is 6.43 Å². The molecule has 0 spiro atoms. The zero-order valence-corrected chi connectivity index (χ0v) is 9.86. The summed E-state index contributed by atoms with van der Waals surface area (Å²) in [6, 6.07) is 5.54. The minimum atomic E-state index is -2.67. The first-order valence-electron chi connectivity index (χ1n) is 5.02. The van der Waals surface area contributed by atoms with Gasteiger partial charge in [0.25, 0.3) is 6.43 Å². The fourth-order valence-electron chi connectivity index (χ4n) is 1.41. The van der Waals surface area contributed by atoms with E-state index in [0.29, 0.717) is 5.02 Å². The summed E-state index contributed by atoms with van der Waals surface area (Å²) in [5.41, 5.74) is 5.44. The van der Waals surface area contributed by atoms with E-state index in [0.717, 1.165) is 0 Å². The maximum absolute atomic E-state index is 12.8. The van der Waals surface area contributed by atoms with Gasteiger partial charge in [-0.05, 0) is 18.2 Å². The summed E-state index contributed by atoms with van der Waals surface area (Å²) in [6.07, 6.45) is 0.138. The van der Waals surface area contributed by atoms with Gasteiger partial charge in [-0.3, -0.25) is 4.98 Å². The van der Waals surface area contributed by atoms with Crippen LogP contribution < -0.4 is 10.5 Å². The molecule has 3 nitrogen and oxygen atoms in total. The molecular weight excluding hydrogens is 262 g/mol. The second-order valence-electron chi connectivity index (χ2n) is 3.54. The monoisotopic (exact) mass is 270 g/mol. The molecule has 0 saturated heterocycles. The van der Waals surface area contributed by atoms with E-state index in [9.17, 15) is 8.78 Å². The normalized spacial score (nSPS) is 10.7. The fraction of sp³-hybridized carbons (Fsp3) is 0.0833. The molecule has 2 N–H and O–H groups in total. The molecule has 0 fully saturated rings. The van der Waals surface area contributed by atoms with Gasteiger partial charge >= 0.3 is 0 Å². The summed E-state index contributed by atoms with van der Waals surface area (Å²) in [6.45, 7) is 0. The number of hydrogen-bond acceptors (Lipinski definition) is 3. The summed E-state index contributed by atoms with van der Waals surface area (Å²) in [4.78, 5) is 3.80. The molecule has 0 atom stereocenters. The van der Waals surface area contributed by atoms with Crippen molar-refractivity contribution in [2.75, 3.05) is 5.73 Å². The minimum absolute atomic E-state index is 0.0308. The van der Waals surface area contributed by atoms with Crippen LogP contribution in [-0.4, -0.2) is 4.98 Å². The Balaban J connectivity index is 2.34. The Labute approximate surface area is 107 Å². The minimum Gasteiger partial charge on any atom is -0.455 e. The SMILES string of the molecule is Nc1ccc(Oc2cncc(Cl)c2)c(C(F)F)c1. The summed E-state index contributed by atoms with van der Waals surface area (Å²) < 4.78 is 30.9. The van der Waals surface area contributed by atoms with Gasteiger partial charge in [0.2, 0.25) is 0 Å². The number of halogens is 3. The van der Waals surface area contributed by atoms with E-state index in [1.165, 1.54) is 36.7 Å². The highest BCUT2D eigenvalue weighted by Crippen LogP contribution is 2.34. The van der Waals surface area contributed by atoms with Crippen molar-refractivity contribution in [3.8, 4) is 11.5 Å². The van der Waals surface area contributed by atoms with Gasteiger partial charge in [0.15, 0.2) is 0 Å². The number of anilines is 1. The van der Waals surface area contributed by atoms with Crippen LogP contribution in [0.5, 0.6) is 11.5 Å². The van der Waals surface area contributed by atoms with Gasteiger partial charge in [-0.15, -0.1) is 0 Å². The Morgan fingerprint density at radius 2 is 2.00 bits per heavy atom. The van der Waals surface area contributed by atoms with E-state index in [-0.39, 0.29) is 22.7 Å². The quantitative estimate of drug-likeness (QED) is 0.856. The van der Waals surface area contributed by atoms with Crippen molar-refractivity contribution in [1.82, 2.24) is 4.98 Å². The maximum Gasteiger partial charge on any atom is 0.267 e. The second-order valence-corrected chi connectivity index (χ2v) is 3.98. The Hall–Kier alpha value is -1.88. The van der Waals surface area contributed by atoms with Gasteiger partial charge in [-0.25, -0.2) is 8.78 Å². The van der Waals surface area contributed by atoms with E-state index >= 15 is 0 Å². The average Bonchev–Trinajstić information content (AvgIpc) is 2.31. The molecule has 0 bridgehead atoms. The molecule has 18 heavy (non-hydrogen) atoms. The van der Waals surface area contributed by atoms with Crippen LogP contribution in [0.15, 0.2) is 36.7 Å². The molecule has 0 saturated carbocycles. The van der Waals surface area contributed by atoms with Gasteiger partial charge < -0.3 is 10.5 Å². The molecule has 0 amide bonds. The highest BCUT2D eigenvalue weighted by Gasteiger charge is 2.15. The molecule has 1 heterocycles. The number of hydrogen-bond donors (Lipinski definition) is 1. The Bertz CT molecular complexity index is 564. The highest BCUT2D eigenvalue weighted by molar-refractivity contribution is 6.30. The number of ether oxygens (including phenoxy) is 1. The van der Waals surface area contributed by atoms with Crippen molar-refractivity contribution in [3.63, 3.8) is 0 Å². The number of nitrogens with two attached hydrogens (primary N) is 1. The Kier molecular flexibility index (Phi) is 3.62. The fourth-order valence-corrected chi connectivity index (χ4v) is 1.57. The Morgan fingerprint density at radius 3 is 2.67 bits per heavy atom. The lowest BCUT2D eigenvalue weighted by Crippen LogP contribution is -1.95. The van der Waals surface area contributed by atoms with Gasteiger partial charge in [0.1, 0.15) is 11.5 Å². The number of aromatic nitrogens is 1. The standard InChI is InChI=1S/C12H9ClF2N2O/c13-7-3-9(6-17-5-7)18-11-2-1-8(16)4-10(11)12(14)15/h1-6,12H,16H2. The summed E-state index contributed by atoms with van der Waals surface area (Å²) in [5, 5.41) is 0.363. The zero-order chi connectivity index (χ0) is 13.1. The average molecular weight is 271 g/mol. The third-order valence-electron chi connectivity index (χ3n) is 2.18. The molecule has 1 aromatic carbocycles. The predicted molar refractivity (Wildman–Crippen MR) is 65.1 cm³/mol. The van der Waals surface area contributed by atoms with E-state index in [1.54, 1.807) is 0 Å². The molecule has 0 aliphatic carbocycles. The van der Waals surface area contributed by atoms with Gasteiger partial charge in [0, 0.05) is 18.0 Å². The predicted octanol–water partition coefficient (Wildman–Crippen LogP) is 4.05. The number of nitrogen functional groups attached to an aromatic ring is 1. The maximum atomic E-state index is 12.8. The summed E-state index contributed by atoms with van der Waals surface area (Å²) >= 11 is 5.73. The first-order chi connectivity index (χ1) is 8.56. The smallest absolute Gasteiger partial charge is 0.267 e. The number of rotatable bonds is 3. The molecule has 1 aromatic heterocycles. The Morgan fingerprint density at radius 1 is 1.22 bits per heavy atom. The van der Waals surface area contributed by atoms with Crippen molar-refractivity contribution >= 4 is 17.3 Å². The van der Waals surface area contributed by atoms with Crippen molar-refractivity contribution in [2.24, 2.45) is 0 Å². The lowest BCUT2D eigenvalue weighted by molar-refractivity contribution is 0.148. The van der Waals surface area contributed by atoms with Crippen LogP contribution in [-0.2, 0) is 0 Å².